The predicted molar refractivity (Wildman–Crippen MR) is 382 cm³/mol. The average molecular weight is 1570 g/mol. The van der Waals surface area contributed by atoms with E-state index in [1.165, 1.54) is 62.8 Å². The number of hydrogen-bond donors (Lipinski definition) is 1. The molecule has 0 spiro atoms. The van der Waals surface area contributed by atoms with E-state index in [4.69, 9.17) is 14.6 Å². The van der Waals surface area contributed by atoms with E-state index in [9.17, 15) is 63.7 Å². The predicted octanol–water partition coefficient (Wildman–Crippen LogP) is 10.2. The van der Waals surface area contributed by atoms with Crippen LogP contribution in [0.4, 0.5) is 13.2 Å². The van der Waals surface area contributed by atoms with Crippen LogP contribution in [0.15, 0.2) is 150 Å². The molecule has 31 heteroatoms. The number of halogens is 4. The number of aliphatic hydroxyl groups is 1. The highest BCUT2D eigenvalue weighted by Crippen LogP contribution is 2.39. The second-order valence-electron chi connectivity index (χ2n) is 25.9. The number of aliphatic hydroxyl groups excluding tert-OH is 1. The van der Waals surface area contributed by atoms with Gasteiger partial charge in [-0.15, -0.1) is 0 Å². The van der Waals surface area contributed by atoms with Crippen LogP contribution in [0.2, 0.25) is 0 Å². The Morgan fingerprint density at radius 2 is 0.680 bits per heavy atom. The highest BCUT2D eigenvalue weighted by Gasteiger charge is 2.40. The van der Waals surface area contributed by atoms with Gasteiger partial charge in [-0.2, -0.15) is 12.9 Å². The molecule has 3 unspecified atom stereocenters. The monoisotopic (exact) mass is 1570 g/mol. The first kappa shape index (κ1) is 78.7. The average Bonchev–Trinajstić information content (AvgIpc) is 0.794. The van der Waals surface area contributed by atoms with Gasteiger partial charge in [0.15, 0.2) is 0 Å². The van der Waals surface area contributed by atoms with Gasteiger partial charge in [0.2, 0.25) is 60.1 Å². The maximum absolute atomic E-state index is 14.9. The van der Waals surface area contributed by atoms with Crippen LogP contribution in [0, 0.1) is 17.5 Å². The van der Waals surface area contributed by atoms with Gasteiger partial charge < -0.3 is 14.6 Å². The first-order valence-corrected chi connectivity index (χ1v) is 44.1. The Hall–Kier alpha value is -5.39. The lowest BCUT2D eigenvalue weighted by Crippen LogP contribution is -2.41. The van der Waals surface area contributed by atoms with Crippen LogP contribution >= 0.6 is 15.9 Å². The molecule has 100 heavy (non-hydrogen) atoms. The van der Waals surface area contributed by atoms with Crippen molar-refractivity contribution in [2.24, 2.45) is 0 Å². The summed E-state index contributed by atoms with van der Waals surface area (Å²) < 4.78 is 211. The Morgan fingerprint density at radius 3 is 0.960 bits per heavy atom. The van der Waals surface area contributed by atoms with Crippen LogP contribution in [-0.2, 0) is 79.8 Å². The maximum Gasteiger partial charge on any atom is 0.221 e. The highest BCUT2D eigenvalue weighted by molar-refractivity contribution is 9.10. The largest absolute Gasteiger partial charge is 0.490 e. The fraction of sp³-hybridized carbons (Fsp3) is 0.478. The van der Waals surface area contributed by atoms with Crippen molar-refractivity contribution in [1.82, 2.24) is 25.8 Å². The maximum atomic E-state index is 14.9. The molecule has 1 N–H and O–H groups in total. The van der Waals surface area contributed by atoms with Crippen LogP contribution in [0.1, 0.15) is 126 Å². The number of rotatable bonds is 16. The van der Waals surface area contributed by atoms with Crippen molar-refractivity contribution in [2.75, 3.05) is 77.7 Å². The van der Waals surface area contributed by atoms with Crippen LogP contribution < -0.4 is 9.47 Å². The minimum Gasteiger partial charge on any atom is -0.490 e. The Bertz CT molecular complexity index is 4240. The number of ether oxygens (including phenoxy) is 2. The van der Waals surface area contributed by atoms with E-state index in [0.717, 1.165) is 23.1 Å². The molecule has 12 rings (SSSR count). The summed E-state index contributed by atoms with van der Waals surface area (Å²) in [6.45, 7) is 3.60. The molecule has 6 aliphatic rings. The Balaban J connectivity index is 0.000000164. The molecule has 6 saturated heterocycles. The van der Waals surface area contributed by atoms with E-state index in [-0.39, 0.29) is 37.9 Å². The molecule has 6 fully saturated rings. The molecule has 3 atom stereocenters. The van der Waals surface area contributed by atoms with Gasteiger partial charge in [-0.1, -0.05) is 125 Å². The summed E-state index contributed by atoms with van der Waals surface area (Å²) >= 11 is 3.21. The molecule has 0 saturated carbocycles. The van der Waals surface area contributed by atoms with E-state index in [2.05, 4.69) is 15.9 Å². The van der Waals surface area contributed by atoms with Crippen molar-refractivity contribution < 1.29 is 78.3 Å². The second-order valence-corrected chi connectivity index (χ2v) is 39.1. The topological polar surface area (TPSA) is 263 Å². The van der Waals surface area contributed by atoms with Gasteiger partial charge in [0.25, 0.3) is 0 Å². The first-order valence-electron chi connectivity index (χ1n) is 33.3. The molecule has 0 radical (unpaired) electrons. The minimum absolute atomic E-state index is 0.0233. The summed E-state index contributed by atoms with van der Waals surface area (Å²) in [6.07, 6.45) is 10.0. The molecule has 0 aromatic heterocycles. The number of nitrogens with zero attached hydrogens (tertiary/aromatic N) is 6. The number of hydrogen-bond acceptors (Lipinski definition) is 15. The van der Waals surface area contributed by atoms with Crippen LogP contribution in [0.5, 0.6) is 11.5 Å². The van der Waals surface area contributed by atoms with Crippen molar-refractivity contribution in [2.45, 2.75) is 131 Å². The molecule has 0 bridgehead atoms. The minimum atomic E-state index is -3.60. The first-order chi connectivity index (χ1) is 47.3. The lowest BCUT2D eigenvalue weighted by atomic mass is 10.1. The Morgan fingerprint density at radius 1 is 0.400 bits per heavy atom. The zero-order valence-corrected chi connectivity index (χ0v) is 62.6. The van der Waals surface area contributed by atoms with E-state index in [1.807, 2.05) is 91.0 Å². The summed E-state index contributed by atoms with van der Waals surface area (Å²) in [5.41, 5.74) is 3.30. The summed E-state index contributed by atoms with van der Waals surface area (Å²) in [5.74, 6) is -0.705. The highest BCUT2D eigenvalue weighted by atomic mass is 79.9. The van der Waals surface area contributed by atoms with Gasteiger partial charge >= 0.3 is 0 Å². The van der Waals surface area contributed by atoms with Crippen molar-refractivity contribution in [3.63, 3.8) is 0 Å². The van der Waals surface area contributed by atoms with E-state index >= 15 is 0 Å². The van der Waals surface area contributed by atoms with Gasteiger partial charge in [-0.25, -0.2) is 76.6 Å². The van der Waals surface area contributed by atoms with E-state index in [0.29, 0.717) is 162 Å². The molecule has 6 aliphatic heterocycles. The summed E-state index contributed by atoms with van der Waals surface area (Å²) in [7, 11) is -20.1. The number of benzene rings is 6. The smallest absolute Gasteiger partial charge is 0.221 e. The van der Waals surface area contributed by atoms with E-state index < -0.39 is 93.3 Å². The zero-order chi connectivity index (χ0) is 72.2. The third-order valence-corrected chi connectivity index (χ3v) is 29.8. The van der Waals surface area contributed by atoms with Gasteiger partial charge in [-0.05, 0) is 118 Å². The fourth-order valence-electron chi connectivity index (χ4n) is 13.1. The molecule has 21 nitrogen and oxygen atoms in total. The number of piperidine rings is 3. The third kappa shape index (κ3) is 21.2. The Kier molecular flexibility index (Phi) is 27.1. The summed E-state index contributed by atoms with van der Waals surface area (Å²) in [5, 5.41) is 7.30. The van der Waals surface area contributed by atoms with E-state index in [1.54, 1.807) is 36.4 Å². The normalized spacial score (nSPS) is 22.5. The molecule has 548 valence electrons. The SMILES string of the molecule is CS(=O)(=O)N1CCC(O)CC1.CS(=O)(=O)N1CCC(Oc2ccc(CN3CCCC(c4ccccc4)S3(=O)=O)c(F)c2)CC1.CS(=O)(=O)N1CCC(Oc2ccc(CN3CCCC(c4ccccc4)S3(=O)=O)c(F)c2)CC1.O=S1(=O)C(c2ccccc2)CCCN1Cc1ccc(Br)cc1F. The van der Waals surface area contributed by atoms with Crippen molar-refractivity contribution in [1.29, 1.82) is 0 Å². The quantitative estimate of drug-likeness (QED) is 0.0944. The van der Waals surface area contributed by atoms with Crippen molar-refractivity contribution >= 4 is 76.1 Å². The molecule has 0 amide bonds. The second kappa shape index (κ2) is 34.5. The van der Waals surface area contributed by atoms with Gasteiger partial charge in [0.1, 0.15) is 56.9 Å². The lowest BCUT2D eigenvalue weighted by Gasteiger charge is -2.33. The van der Waals surface area contributed by atoms with Crippen LogP contribution in [0.3, 0.4) is 0 Å². The molecular weight excluding hydrogens is 1480 g/mol. The van der Waals surface area contributed by atoms with Gasteiger partial charge in [-0.3, -0.25) is 0 Å². The molecule has 0 aliphatic carbocycles. The molecule has 6 heterocycles. The van der Waals surface area contributed by atoms with Gasteiger partial charge in [0, 0.05) is 112 Å². The van der Waals surface area contributed by atoms with Crippen molar-refractivity contribution in [3.05, 3.63) is 201 Å². The van der Waals surface area contributed by atoms with Crippen molar-refractivity contribution in [3.8, 4) is 11.5 Å². The lowest BCUT2D eigenvalue weighted by molar-refractivity contribution is 0.113. The molecule has 6 aromatic rings. The standard InChI is InChI=1S/2C23H29FN2O5S2.C17H17BrFNO2S.C6H13NO3S/c2*1-32(27,28)25-14-11-20(12-15-25)31-21-10-9-19(22(24)16-21)17-26-13-5-8-23(33(26,29)30)18-6-3-2-4-7-18;18-15-9-8-14(16(19)11-15)12-20-10-4-7-17(23(20,21)22)13-5-2-1-3-6-13;1-11(9,10)7-4-2-6(8)3-5-7/h2*2-4,6-7,9-10,16,20,23H,5,8,11-15,17H2,1H3;1-3,5-6,8-9,11,17H,4,7,10,12H2;6,8H,2-5H2,1H3. The molecule has 6 aromatic carbocycles. The summed E-state index contributed by atoms with van der Waals surface area (Å²) in [4.78, 5) is 0. The van der Waals surface area contributed by atoms with Gasteiger partial charge in [0.05, 0.1) is 24.9 Å². The Labute approximate surface area is 596 Å². The fourth-order valence-corrected chi connectivity index (χ4v) is 22.1. The molecular formula is C69H88BrF3N6O15S6. The van der Waals surface area contributed by atoms with Crippen LogP contribution in [0.25, 0.3) is 0 Å². The summed E-state index contributed by atoms with van der Waals surface area (Å²) in [6, 6.07) is 41.2. The number of sulfonamides is 6. The van der Waals surface area contributed by atoms with Crippen LogP contribution in [-0.4, -0.2) is 177 Å². The zero-order valence-electron chi connectivity index (χ0n) is 56.1. The third-order valence-electron chi connectivity index (χ3n) is 18.6.